The van der Waals surface area contributed by atoms with E-state index in [-0.39, 0.29) is 16.9 Å². The molecule has 1 fully saturated rings. The molecule has 2 atom stereocenters. The highest BCUT2D eigenvalue weighted by molar-refractivity contribution is 7.11. The van der Waals surface area contributed by atoms with Crippen LogP contribution in [0, 0.1) is 17.8 Å². The maximum absolute atomic E-state index is 10.7. The summed E-state index contributed by atoms with van der Waals surface area (Å²) >= 11 is 1.72. The second-order valence-electron chi connectivity index (χ2n) is 6.33. The fourth-order valence-electron chi connectivity index (χ4n) is 3.30. The van der Waals surface area contributed by atoms with Crippen LogP contribution in [-0.4, -0.2) is 22.7 Å². The van der Waals surface area contributed by atoms with Crippen molar-refractivity contribution in [3.63, 3.8) is 0 Å². The number of aliphatic hydroxyl groups excluding tert-OH is 1. The molecule has 0 saturated heterocycles. The molecule has 0 spiro atoms. The monoisotopic (exact) mass is 268 g/mol. The minimum atomic E-state index is -0.328. The third-order valence-electron chi connectivity index (χ3n) is 4.42. The summed E-state index contributed by atoms with van der Waals surface area (Å²) in [6.07, 6.45) is 5.72. The van der Waals surface area contributed by atoms with E-state index in [0.29, 0.717) is 6.54 Å². The largest absolute Gasteiger partial charge is 0.392 e. The number of nitrogens with zero attached hydrogens (tertiary/aromatic N) is 1. The topological polar surface area (TPSA) is 59.1 Å². The minimum Gasteiger partial charge on any atom is -0.392 e. The van der Waals surface area contributed by atoms with Gasteiger partial charge in [-0.2, -0.15) is 0 Å². The number of hydrogen-bond donors (Lipinski definition) is 2. The standard InChI is InChI=1S/C14H24N2OS/c1-10-16-8-11(18-10)7-14(9-15)6-4-5-13(2,3)12(14)17/h8,12,17H,4-7,9,15H2,1-3H3. The predicted octanol–water partition coefficient (Wildman–Crippen LogP) is 2.51. The SMILES string of the molecule is Cc1ncc(CC2(CN)CCCC(C)(C)C2O)s1. The number of aryl methyl sites for hydroxylation is 1. The van der Waals surface area contributed by atoms with Crippen molar-refractivity contribution in [1.29, 1.82) is 0 Å². The number of rotatable bonds is 3. The van der Waals surface area contributed by atoms with Gasteiger partial charge in [-0.1, -0.05) is 20.3 Å². The zero-order chi connectivity index (χ0) is 13.4. The van der Waals surface area contributed by atoms with E-state index in [4.69, 9.17) is 5.73 Å². The molecule has 102 valence electrons. The van der Waals surface area contributed by atoms with Crippen LogP contribution in [0.15, 0.2) is 6.20 Å². The lowest BCUT2D eigenvalue weighted by Gasteiger charge is -2.49. The van der Waals surface area contributed by atoms with Crippen molar-refractivity contribution in [1.82, 2.24) is 4.98 Å². The van der Waals surface area contributed by atoms with Crippen LogP contribution in [0.25, 0.3) is 0 Å². The van der Waals surface area contributed by atoms with Gasteiger partial charge < -0.3 is 10.8 Å². The Morgan fingerprint density at radius 2 is 2.22 bits per heavy atom. The molecule has 0 amide bonds. The normalized spacial score (nSPS) is 31.5. The molecule has 1 heterocycles. The van der Waals surface area contributed by atoms with Gasteiger partial charge in [-0.15, -0.1) is 11.3 Å². The third kappa shape index (κ3) is 2.46. The van der Waals surface area contributed by atoms with E-state index in [0.717, 1.165) is 30.7 Å². The van der Waals surface area contributed by atoms with Crippen molar-refractivity contribution in [2.45, 2.75) is 52.6 Å². The lowest BCUT2D eigenvalue weighted by Crippen LogP contribution is -2.53. The van der Waals surface area contributed by atoms with Crippen LogP contribution in [0.1, 0.15) is 43.0 Å². The van der Waals surface area contributed by atoms with Gasteiger partial charge in [0.1, 0.15) is 0 Å². The highest BCUT2D eigenvalue weighted by Crippen LogP contribution is 2.47. The van der Waals surface area contributed by atoms with E-state index in [1.807, 2.05) is 13.1 Å². The van der Waals surface area contributed by atoms with Crippen LogP contribution < -0.4 is 5.73 Å². The van der Waals surface area contributed by atoms with Gasteiger partial charge in [0.15, 0.2) is 0 Å². The zero-order valence-electron chi connectivity index (χ0n) is 11.6. The molecule has 3 nitrogen and oxygen atoms in total. The van der Waals surface area contributed by atoms with Crippen molar-refractivity contribution < 1.29 is 5.11 Å². The number of thiazole rings is 1. The molecule has 18 heavy (non-hydrogen) atoms. The summed E-state index contributed by atoms with van der Waals surface area (Å²) in [4.78, 5) is 5.55. The summed E-state index contributed by atoms with van der Waals surface area (Å²) in [7, 11) is 0. The first-order chi connectivity index (χ1) is 8.39. The van der Waals surface area contributed by atoms with Crippen LogP contribution in [0.2, 0.25) is 0 Å². The Kier molecular flexibility index (Phi) is 3.81. The summed E-state index contributed by atoms with van der Waals surface area (Å²) in [5, 5.41) is 11.8. The maximum atomic E-state index is 10.7. The van der Waals surface area contributed by atoms with Crippen molar-refractivity contribution >= 4 is 11.3 Å². The van der Waals surface area contributed by atoms with Crippen molar-refractivity contribution in [2.24, 2.45) is 16.6 Å². The molecule has 1 saturated carbocycles. The molecule has 2 unspecified atom stereocenters. The Morgan fingerprint density at radius 3 is 2.78 bits per heavy atom. The van der Waals surface area contributed by atoms with E-state index in [1.165, 1.54) is 4.88 Å². The van der Waals surface area contributed by atoms with Gasteiger partial charge in [0.2, 0.25) is 0 Å². The van der Waals surface area contributed by atoms with Crippen LogP contribution in [0.5, 0.6) is 0 Å². The lowest BCUT2D eigenvalue weighted by molar-refractivity contribution is -0.0881. The van der Waals surface area contributed by atoms with E-state index < -0.39 is 0 Å². The van der Waals surface area contributed by atoms with Crippen LogP contribution in [0.4, 0.5) is 0 Å². The van der Waals surface area contributed by atoms with Gasteiger partial charge in [0.25, 0.3) is 0 Å². The number of hydrogen-bond acceptors (Lipinski definition) is 4. The molecule has 0 bridgehead atoms. The second-order valence-corrected chi connectivity index (χ2v) is 7.65. The van der Waals surface area contributed by atoms with Gasteiger partial charge in [-0.25, -0.2) is 4.98 Å². The van der Waals surface area contributed by atoms with Gasteiger partial charge in [0.05, 0.1) is 11.1 Å². The Labute approximate surface area is 113 Å². The predicted molar refractivity (Wildman–Crippen MR) is 75.7 cm³/mol. The summed E-state index contributed by atoms with van der Waals surface area (Å²) < 4.78 is 0. The highest BCUT2D eigenvalue weighted by atomic mass is 32.1. The molecular weight excluding hydrogens is 244 g/mol. The zero-order valence-corrected chi connectivity index (χ0v) is 12.4. The molecule has 0 radical (unpaired) electrons. The molecule has 1 aliphatic rings. The Hall–Kier alpha value is -0.450. The first-order valence-electron chi connectivity index (χ1n) is 6.69. The summed E-state index contributed by atoms with van der Waals surface area (Å²) in [6, 6.07) is 0. The van der Waals surface area contributed by atoms with Crippen LogP contribution in [-0.2, 0) is 6.42 Å². The highest BCUT2D eigenvalue weighted by Gasteiger charge is 2.47. The molecule has 3 N–H and O–H groups in total. The molecule has 1 aromatic rings. The van der Waals surface area contributed by atoms with Crippen molar-refractivity contribution in [3.05, 3.63) is 16.1 Å². The summed E-state index contributed by atoms with van der Waals surface area (Å²) in [5.41, 5.74) is 5.83. The van der Waals surface area contributed by atoms with Gasteiger partial charge >= 0.3 is 0 Å². The van der Waals surface area contributed by atoms with E-state index >= 15 is 0 Å². The molecule has 4 heteroatoms. The smallest absolute Gasteiger partial charge is 0.0896 e. The fraction of sp³-hybridized carbons (Fsp3) is 0.786. The van der Waals surface area contributed by atoms with Gasteiger partial charge in [-0.05, 0) is 31.6 Å². The van der Waals surface area contributed by atoms with Gasteiger partial charge in [-0.3, -0.25) is 0 Å². The minimum absolute atomic E-state index is 0.0304. The molecule has 0 aliphatic heterocycles. The number of nitrogens with two attached hydrogens (primary N) is 1. The summed E-state index contributed by atoms with van der Waals surface area (Å²) in [5.74, 6) is 0. The Morgan fingerprint density at radius 1 is 1.50 bits per heavy atom. The maximum Gasteiger partial charge on any atom is 0.0896 e. The molecule has 2 rings (SSSR count). The lowest BCUT2D eigenvalue weighted by atomic mass is 9.60. The number of aromatic nitrogens is 1. The quantitative estimate of drug-likeness (QED) is 0.885. The molecule has 1 aromatic heterocycles. The average molecular weight is 268 g/mol. The molecule has 1 aliphatic carbocycles. The van der Waals surface area contributed by atoms with Crippen LogP contribution >= 0.6 is 11.3 Å². The second kappa shape index (κ2) is 4.91. The van der Waals surface area contributed by atoms with Crippen LogP contribution in [0.3, 0.4) is 0 Å². The first kappa shape index (κ1) is 14.0. The van der Waals surface area contributed by atoms with E-state index in [2.05, 4.69) is 18.8 Å². The summed E-state index contributed by atoms with van der Waals surface area (Å²) in [6.45, 7) is 6.87. The molecule has 0 aromatic carbocycles. The van der Waals surface area contributed by atoms with Crippen molar-refractivity contribution in [3.8, 4) is 0 Å². The van der Waals surface area contributed by atoms with Gasteiger partial charge in [0, 0.05) is 23.0 Å². The fourth-order valence-corrected chi connectivity index (χ4v) is 4.25. The Balaban J connectivity index is 2.24. The van der Waals surface area contributed by atoms with E-state index in [1.54, 1.807) is 11.3 Å². The number of aliphatic hydroxyl groups is 1. The van der Waals surface area contributed by atoms with Crippen molar-refractivity contribution in [2.75, 3.05) is 6.54 Å². The molecular formula is C14H24N2OS. The Bertz CT molecular complexity index is 416. The van der Waals surface area contributed by atoms with E-state index in [9.17, 15) is 5.11 Å². The third-order valence-corrected chi connectivity index (χ3v) is 5.33. The average Bonchev–Trinajstić information content (AvgIpc) is 2.71. The first-order valence-corrected chi connectivity index (χ1v) is 7.51.